The summed E-state index contributed by atoms with van der Waals surface area (Å²) in [7, 11) is -2.11. The summed E-state index contributed by atoms with van der Waals surface area (Å²) in [6.45, 7) is 0.706. The molecule has 0 radical (unpaired) electrons. The lowest BCUT2D eigenvalue weighted by Gasteiger charge is -2.12. The van der Waals surface area contributed by atoms with E-state index in [4.69, 9.17) is 5.73 Å². The van der Waals surface area contributed by atoms with Gasteiger partial charge in [0.15, 0.2) is 0 Å². The highest BCUT2D eigenvalue weighted by Gasteiger charge is 2.16. The zero-order valence-corrected chi connectivity index (χ0v) is 11.5. The molecule has 0 aromatic heterocycles. The van der Waals surface area contributed by atoms with Crippen molar-refractivity contribution in [3.8, 4) is 0 Å². The van der Waals surface area contributed by atoms with Crippen LogP contribution in [-0.2, 0) is 10.0 Å². The van der Waals surface area contributed by atoms with E-state index in [0.717, 1.165) is 5.75 Å². The molecule has 1 rings (SSSR count). The van der Waals surface area contributed by atoms with E-state index < -0.39 is 10.0 Å². The maximum Gasteiger partial charge on any atom is 0.242 e. The number of rotatable bonds is 6. The number of hydrogen-bond donors (Lipinski definition) is 3. The van der Waals surface area contributed by atoms with E-state index >= 15 is 0 Å². The quantitative estimate of drug-likeness (QED) is 0.532. The Morgan fingerprint density at radius 2 is 2.12 bits per heavy atom. The zero-order valence-electron chi connectivity index (χ0n) is 9.86. The van der Waals surface area contributed by atoms with Crippen molar-refractivity contribution in [1.29, 1.82) is 0 Å². The fourth-order valence-corrected chi connectivity index (χ4v) is 2.55. The average Bonchev–Trinajstić information content (AvgIpc) is 2.31. The van der Waals surface area contributed by atoms with E-state index in [-0.39, 0.29) is 4.90 Å². The highest BCUT2D eigenvalue weighted by atomic mass is 32.2. The Bertz CT molecular complexity index is 474. The predicted octanol–water partition coefficient (Wildman–Crippen LogP) is 0.952. The number of anilines is 2. The predicted molar refractivity (Wildman–Crippen MR) is 74.0 cm³/mol. The number of nitrogen functional groups attached to an aromatic ring is 1. The van der Waals surface area contributed by atoms with E-state index in [9.17, 15) is 8.42 Å². The number of thioether (sulfide) groups is 1. The molecule has 7 heteroatoms. The van der Waals surface area contributed by atoms with Gasteiger partial charge in [-0.1, -0.05) is 0 Å². The summed E-state index contributed by atoms with van der Waals surface area (Å²) in [5, 5.41) is 3.09. The Morgan fingerprint density at radius 1 is 1.41 bits per heavy atom. The van der Waals surface area contributed by atoms with Crippen LogP contribution in [0, 0.1) is 0 Å². The highest BCUT2D eigenvalue weighted by molar-refractivity contribution is 7.98. The first-order chi connectivity index (χ1) is 8.01. The molecule has 4 N–H and O–H groups in total. The number of nitrogens with two attached hydrogens (primary N) is 1. The number of benzene rings is 1. The molecule has 0 spiro atoms. The minimum Gasteiger partial charge on any atom is -0.399 e. The van der Waals surface area contributed by atoms with Crippen molar-refractivity contribution in [3.63, 3.8) is 0 Å². The largest absolute Gasteiger partial charge is 0.399 e. The van der Waals surface area contributed by atoms with E-state index in [1.54, 1.807) is 23.9 Å². The second-order valence-corrected chi connectivity index (χ2v) is 6.22. The smallest absolute Gasteiger partial charge is 0.242 e. The molecule has 0 atom stereocenters. The molecule has 96 valence electrons. The van der Waals surface area contributed by atoms with Gasteiger partial charge in [-0.05, 0) is 31.5 Å². The monoisotopic (exact) mass is 275 g/mol. The Labute approximate surface area is 106 Å². The van der Waals surface area contributed by atoms with Gasteiger partial charge in [0.1, 0.15) is 4.90 Å². The molecular formula is C10H17N3O2S2. The van der Waals surface area contributed by atoms with Crippen LogP contribution in [0.1, 0.15) is 0 Å². The fourth-order valence-electron chi connectivity index (χ4n) is 1.31. The molecule has 0 fully saturated rings. The molecule has 1 aromatic carbocycles. The van der Waals surface area contributed by atoms with Crippen LogP contribution in [0.5, 0.6) is 0 Å². The SMILES string of the molecule is CNS(=O)(=O)c1cc(N)ccc1NCCSC. The first-order valence-corrected chi connectivity index (χ1v) is 7.95. The van der Waals surface area contributed by atoms with Crippen LogP contribution >= 0.6 is 11.8 Å². The van der Waals surface area contributed by atoms with Crippen LogP contribution in [-0.4, -0.2) is 34.0 Å². The van der Waals surface area contributed by atoms with Gasteiger partial charge in [0.25, 0.3) is 0 Å². The van der Waals surface area contributed by atoms with Gasteiger partial charge in [-0.15, -0.1) is 0 Å². The number of nitrogens with one attached hydrogen (secondary N) is 2. The number of hydrogen-bond acceptors (Lipinski definition) is 5. The van der Waals surface area contributed by atoms with Gasteiger partial charge in [0.05, 0.1) is 5.69 Å². The molecule has 0 amide bonds. The third kappa shape index (κ3) is 3.79. The van der Waals surface area contributed by atoms with Crippen LogP contribution in [0.15, 0.2) is 23.1 Å². The summed E-state index contributed by atoms with van der Waals surface area (Å²) < 4.78 is 25.9. The minimum absolute atomic E-state index is 0.182. The molecular weight excluding hydrogens is 258 g/mol. The molecule has 5 nitrogen and oxygen atoms in total. The van der Waals surface area contributed by atoms with Gasteiger partial charge in [-0.3, -0.25) is 0 Å². The van der Waals surface area contributed by atoms with Crippen molar-refractivity contribution in [1.82, 2.24) is 4.72 Å². The molecule has 0 aliphatic carbocycles. The Morgan fingerprint density at radius 3 is 2.71 bits per heavy atom. The van der Waals surface area contributed by atoms with Crippen LogP contribution in [0.2, 0.25) is 0 Å². The van der Waals surface area contributed by atoms with Crippen LogP contribution < -0.4 is 15.8 Å². The lowest BCUT2D eigenvalue weighted by Crippen LogP contribution is -2.20. The van der Waals surface area contributed by atoms with Crippen LogP contribution in [0.4, 0.5) is 11.4 Å². The first kappa shape index (κ1) is 14.1. The van der Waals surface area contributed by atoms with Gasteiger partial charge in [-0.25, -0.2) is 13.1 Å². The standard InChI is InChI=1S/C10H17N3O2S2/c1-12-17(14,15)10-7-8(11)3-4-9(10)13-5-6-16-2/h3-4,7,12-13H,5-6,11H2,1-2H3. The first-order valence-electron chi connectivity index (χ1n) is 5.07. The minimum atomic E-state index is -3.49. The summed E-state index contributed by atoms with van der Waals surface area (Å²) >= 11 is 1.69. The van der Waals surface area contributed by atoms with Crippen molar-refractivity contribution in [2.75, 3.05) is 36.7 Å². The fraction of sp³-hybridized carbons (Fsp3) is 0.400. The molecule has 0 aliphatic heterocycles. The van der Waals surface area contributed by atoms with E-state index in [0.29, 0.717) is 17.9 Å². The Balaban J connectivity index is 3.04. The van der Waals surface area contributed by atoms with Crippen molar-refractivity contribution >= 4 is 33.2 Å². The molecule has 0 saturated heterocycles. The maximum atomic E-state index is 11.8. The topological polar surface area (TPSA) is 84.2 Å². The van der Waals surface area contributed by atoms with Crippen molar-refractivity contribution in [2.24, 2.45) is 0 Å². The van der Waals surface area contributed by atoms with Crippen LogP contribution in [0.25, 0.3) is 0 Å². The summed E-state index contributed by atoms with van der Waals surface area (Å²) in [5.74, 6) is 0.906. The van der Waals surface area contributed by atoms with Crippen molar-refractivity contribution in [2.45, 2.75) is 4.90 Å². The Kier molecular flexibility index (Phi) is 5.10. The summed E-state index contributed by atoms with van der Waals surface area (Å²) in [6, 6.07) is 4.81. The van der Waals surface area contributed by atoms with Gasteiger partial charge >= 0.3 is 0 Å². The molecule has 1 aromatic rings. The highest BCUT2D eigenvalue weighted by Crippen LogP contribution is 2.23. The second-order valence-electron chi connectivity index (χ2n) is 3.38. The molecule has 0 unspecified atom stereocenters. The Hall–Kier alpha value is -0.920. The average molecular weight is 275 g/mol. The number of sulfonamides is 1. The third-order valence-electron chi connectivity index (χ3n) is 2.19. The lowest BCUT2D eigenvalue weighted by atomic mass is 10.3. The van der Waals surface area contributed by atoms with Gasteiger partial charge in [0.2, 0.25) is 10.0 Å². The molecule has 17 heavy (non-hydrogen) atoms. The van der Waals surface area contributed by atoms with E-state index in [1.165, 1.54) is 13.1 Å². The van der Waals surface area contributed by atoms with Gasteiger partial charge in [0, 0.05) is 18.0 Å². The molecule has 0 heterocycles. The normalized spacial score (nSPS) is 11.4. The van der Waals surface area contributed by atoms with Gasteiger partial charge in [-0.2, -0.15) is 11.8 Å². The third-order valence-corrected chi connectivity index (χ3v) is 4.25. The summed E-state index contributed by atoms with van der Waals surface area (Å²) in [4.78, 5) is 0.182. The van der Waals surface area contributed by atoms with Gasteiger partial charge < -0.3 is 11.1 Å². The van der Waals surface area contributed by atoms with Crippen molar-refractivity contribution < 1.29 is 8.42 Å². The van der Waals surface area contributed by atoms with Crippen molar-refractivity contribution in [3.05, 3.63) is 18.2 Å². The summed E-state index contributed by atoms with van der Waals surface area (Å²) in [6.07, 6.45) is 2.00. The maximum absolute atomic E-state index is 11.8. The van der Waals surface area contributed by atoms with Crippen LogP contribution in [0.3, 0.4) is 0 Å². The molecule has 0 bridgehead atoms. The zero-order chi connectivity index (χ0) is 12.9. The second kappa shape index (κ2) is 6.13. The van der Waals surface area contributed by atoms with E-state index in [2.05, 4.69) is 10.0 Å². The van der Waals surface area contributed by atoms with E-state index in [1.807, 2.05) is 6.26 Å². The molecule has 0 aliphatic rings. The summed E-state index contributed by atoms with van der Waals surface area (Å²) in [5.41, 5.74) is 6.61. The lowest BCUT2D eigenvalue weighted by molar-refractivity contribution is 0.588. The molecule has 0 saturated carbocycles.